The maximum absolute atomic E-state index is 12.1. The third kappa shape index (κ3) is 4.29. The van der Waals surface area contributed by atoms with Crippen molar-refractivity contribution in [3.63, 3.8) is 0 Å². The fourth-order valence-corrected chi connectivity index (χ4v) is 5.56. The van der Waals surface area contributed by atoms with Crippen LogP contribution in [0.15, 0.2) is 30.3 Å². The zero-order valence-corrected chi connectivity index (χ0v) is 18.9. The highest BCUT2D eigenvalue weighted by atomic mass is 28.4. The van der Waals surface area contributed by atoms with Crippen LogP contribution in [0, 0.1) is 5.92 Å². The van der Waals surface area contributed by atoms with Gasteiger partial charge < -0.3 is 14.8 Å². The number of nitrogens with one attached hydrogen (secondary N) is 1. The van der Waals surface area contributed by atoms with Gasteiger partial charge in [0.25, 0.3) is 0 Å². The van der Waals surface area contributed by atoms with E-state index in [1.807, 2.05) is 18.2 Å². The summed E-state index contributed by atoms with van der Waals surface area (Å²) in [6.45, 7) is 12.4. The van der Waals surface area contributed by atoms with Crippen LogP contribution in [-0.2, 0) is 11.0 Å². The molecule has 1 amide bonds. The van der Waals surface area contributed by atoms with Gasteiger partial charge >= 0.3 is 6.09 Å². The lowest BCUT2D eigenvalue weighted by Gasteiger charge is -2.39. The quantitative estimate of drug-likeness (QED) is 0.675. The Kier molecular flexibility index (Phi) is 6.22. The summed E-state index contributed by atoms with van der Waals surface area (Å²) in [5.74, 6) is 0.382. The minimum Gasteiger partial charge on any atom is -0.465 e. The minimum absolute atomic E-state index is 0.114. The van der Waals surface area contributed by atoms with E-state index in [1.54, 1.807) is 4.90 Å². The predicted octanol–water partition coefficient (Wildman–Crippen LogP) is 4.70. The normalized spacial score (nSPS) is 27.8. The minimum atomic E-state index is -1.94. The lowest BCUT2D eigenvalue weighted by molar-refractivity contribution is 0.0957. The molecule has 0 unspecified atom stereocenters. The number of carboxylic acid groups (broad SMARTS) is 1. The van der Waals surface area contributed by atoms with Crippen molar-refractivity contribution < 1.29 is 14.3 Å². The van der Waals surface area contributed by atoms with Crippen LogP contribution in [0.3, 0.4) is 0 Å². The van der Waals surface area contributed by atoms with Crippen molar-refractivity contribution in [1.82, 2.24) is 10.2 Å². The third-order valence-corrected chi connectivity index (χ3v) is 11.6. The highest BCUT2D eigenvalue weighted by Crippen LogP contribution is 2.43. The average Bonchev–Trinajstić information content (AvgIpc) is 3.18. The van der Waals surface area contributed by atoms with E-state index in [4.69, 9.17) is 4.43 Å². The molecule has 2 aliphatic rings. The van der Waals surface area contributed by atoms with Crippen LogP contribution in [0.5, 0.6) is 0 Å². The van der Waals surface area contributed by atoms with Gasteiger partial charge in [-0.1, -0.05) is 57.5 Å². The molecule has 28 heavy (non-hydrogen) atoms. The molecule has 1 aliphatic carbocycles. The highest BCUT2D eigenvalue weighted by molar-refractivity contribution is 6.74. The van der Waals surface area contributed by atoms with Gasteiger partial charge in [0.1, 0.15) is 0 Å². The summed E-state index contributed by atoms with van der Waals surface area (Å²) in [5, 5.41) is 13.8. The largest absolute Gasteiger partial charge is 0.465 e. The molecule has 0 aromatic heterocycles. The SMILES string of the molecule is CC(C)(C)[Si](C)(C)OC[C@H]1[C@@H](NCc2ccccc2)[C@H]2CCC[C@H]2N1C(=O)O. The Bertz CT molecular complexity index is 674. The fourth-order valence-electron chi connectivity index (χ4n) is 4.53. The molecule has 6 heteroatoms. The van der Waals surface area contributed by atoms with Gasteiger partial charge in [-0.3, -0.25) is 4.90 Å². The number of hydrogen-bond acceptors (Lipinski definition) is 3. The molecule has 4 atom stereocenters. The van der Waals surface area contributed by atoms with E-state index in [0.717, 1.165) is 25.8 Å². The summed E-state index contributed by atoms with van der Waals surface area (Å²) in [4.78, 5) is 13.9. The molecule has 1 saturated heterocycles. The number of hydrogen-bond donors (Lipinski definition) is 2. The van der Waals surface area contributed by atoms with E-state index in [-0.39, 0.29) is 23.2 Å². The number of fused-ring (bicyclic) bond motifs is 1. The van der Waals surface area contributed by atoms with Crippen molar-refractivity contribution in [3.05, 3.63) is 35.9 Å². The molecule has 0 radical (unpaired) electrons. The molecule has 2 N–H and O–H groups in total. The molecule has 1 aromatic rings. The van der Waals surface area contributed by atoms with Crippen LogP contribution >= 0.6 is 0 Å². The van der Waals surface area contributed by atoms with Crippen LogP contribution in [0.2, 0.25) is 18.1 Å². The van der Waals surface area contributed by atoms with Crippen LogP contribution < -0.4 is 5.32 Å². The van der Waals surface area contributed by atoms with Crippen LogP contribution in [0.25, 0.3) is 0 Å². The number of likely N-dealkylation sites (tertiary alicyclic amines) is 1. The van der Waals surface area contributed by atoms with Crippen molar-refractivity contribution in [2.24, 2.45) is 5.92 Å². The van der Waals surface area contributed by atoms with Gasteiger partial charge in [0.2, 0.25) is 0 Å². The third-order valence-electron chi connectivity index (χ3n) is 7.15. The van der Waals surface area contributed by atoms with Gasteiger partial charge in [0, 0.05) is 18.6 Å². The summed E-state index contributed by atoms with van der Waals surface area (Å²) in [5.41, 5.74) is 1.23. The van der Waals surface area contributed by atoms with Gasteiger partial charge in [-0.05, 0) is 42.5 Å². The van der Waals surface area contributed by atoms with Gasteiger partial charge in [-0.2, -0.15) is 0 Å². The summed E-state index contributed by atoms with van der Waals surface area (Å²) >= 11 is 0. The summed E-state index contributed by atoms with van der Waals surface area (Å²) in [7, 11) is -1.94. The first-order valence-corrected chi connectivity index (χ1v) is 13.4. The number of rotatable bonds is 6. The molecular weight excluding hydrogens is 368 g/mol. The van der Waals surface area contributed by atoms with Crippen molar-refractivity contribution in [3.8, 4) is 0 Å². The number of benzene rings is 1. The predicted molar refractivity (Wildman–Crippen MR) is 115 cm³/mol. The van der Waals surface area contributed by atoms with E-state index >= 15 is 0 Å². The lowest BCUT2D eigenvalue weighted by atomic mass is 9.95. The smallest absolute Gasteiger partial charge is 0.407 e. The molecule has 1 heterocycles. The molecule has 2 fully saturated rings. The van der Waals surface area contributed by atoms with Crippen molar-refractivity contribution in [2.75, 3.05) is 6.61 Å². The second-order valence-corrected chi connectivity index (χ2v) is 14.7. The Hall–Kier alpha value is -1.37. The van der Waals surface area contributed by atoms with E-state index in [1.165, 1.54) is 5.56 Å². The Morgan fingerprint density at radius 1 is 1.25 bits per heavy atom. The van der Waals surface area contributed by atoms with Gasteiger partial charge in [0.05, 0.1) is 12.6 Å². The molecule has 1 aromatic carbocycles. The number of amides is 1. The summed E-state index contributed by atoms with van der Waals surface area (Å²) in [6.07, 6.45) is 2.37. The first-order valence-electron chi connectivity index (χ1n) is 10.5. The van der Waals surface area contributed by atoms with Crippen molar-refractivity contribution >= 4 is 14.4 Å². The number of carbonyl (C=O) groups is 1. The zero-order chi connectivity index (χ0) is 20.5. The molecule has 0 spiro atoms. The van der Waals surface area contributed by atoms with Crippen molar-refractivity contribution in [1.29, 1.82) is 0 Å². The van der Waals surface area contributed by atoms with E-state index in [0.29, 0.717) is 12.5 Å². The van der Waals surface area contributed by atoms with E-state index in [9.17, 15) is 9.90 Å². The van der Waals surface area contributed by atoms with Crippen LogP contribution in [0.4, 0.5) is 4.79 Å². The van der Waals surface area contributed by atoms with E-state index < -0.39 is 14.4 Å². The van der Waals surface area contributed by atoms with Gasteiger partial charge in [0.15, 0.2) is 8.32 Å². The zero-order valence-electron chi connectivity index (χ0n) is 17.9. The molecule has 1 aliphatic heterocycles. The first kappa shape index (κ1) is 21.3. The topological polar surface area (TPSA) is 61.8 Å². The van der Waals surface area contributed by atoms with Crippen LogP contribution in [-0.4, -0.2) is 49.1 Å². The number of nitrogens with zero attached hydrogens (tertiary/aromatic N) is 1. The second-order valence-electron chi connectivity index (χ2n) is 9.88. The van der Waals surface area contributed by atoms with Gasteiger partial charge in [-0.25, -0.2) is 4.79 Å². The second kappa shape index (κ2) is 8.17. The molecular formula is C22H36N2O3Si. The maximum Gasteiger partial charge on any atom is 0.407 e. The monoisotopic (exact) mass is 404 g/mol. The average molecular weight is 405 g/mol. The molecule has 0 bridgehead atoms. The van der Waals surface area contributed by atoms with E-state index in [2.05, 4.69) is 51.3 Å². The maximum atomic E-state index is 12.1. The Morgan fingerprint density at radius 2 is 1.93 bits per heavy atom. The van der Waals surface area contributed by atoms with Crippen LogP contribution in [0.1, 0.15) is 45.6 Å². The summed E-state index contributed by atoms with van der Waals surface area (Å²) < 4.78 is 6.50. The molecule has 156 valence electrons. The Labute approximate surface area is 170 Å². The molecule has 3 rings (SSSR count). The standard InChI is InChI=1S/C22H36N2O3Si/c1-22(2,3)28(4,5)27-15-19-20(23-14-16-10-7-6-8-11-16)17-12-9-13-18(17)24(19)21(25)26/h6-8,10-11,17-20,23H,9,12-15H2,1-5H3,(H,25,26)/t17-,18+,19-,20-/m0/s1. The molecule has 1 saturated carbocycles. The lowest BCUT2D eigenvalue weighted by Crippen LogP contribution is -2.52. The van der Waals surface area contributed by atoms with Crippen molar-refractivity contribution in [2.45, 2.75) is 82.8 Å². The first-order chi connectivity index (χ1) is 13.1. The Balaban J connectivity index is 1.78. The summed E-state index contributed by atoms with van der Waals surface area (Å²) in [6, 6.07) is 10.5. The highest BCUT2D eigenvalue weighted by Gasteiger charge is 2.53. The molecule has 5 nitrogen and oxygen atoms in total. The van der Waals surface area contributed by atoms with Gasteiger partial charge in [-0.15, -0.1) is 0 Å². The Morgan fingerprint density at radius 3 is 2.54 bits per heavy atom. The fraction of sp³-hybridized carbons (Fsp3) is 0.682.